The predicted molar refractivity (Wildman–Crippen MR) is 48.3 cm³/mol. The zero-order valence-corrected chi connectivity index (χ0v) is 8.34. The summed E-state index contributed by atoms with van der Waals surface area (Å²) >= 11 is 0. The second-order valence-corrected chi connectivity index (χ2v) is 2.86. The van der Waals surface area contributed by atoms with E-state index in [9.17, 15) is 18.0 Å². The van der Waals surface area contributed by atoms with Crippen LogP contribution in [0.15, 0.2) is 18.3 Å². The molecule has 4 nitrogen and oxygen atoms in total. The molecule has 0 unspecified atom stereocenters. The van der Waals surface area contributed by atoms with Crippen LogP contribution in [-0.2, 0) is 11.0 Å². The Bertz CT molecular complexity index is 362. The molecule has 0 bridgehead atoms. The maximum absolute atomic E-state index is 12.1. The third-order valence-corrected chi connectivity index (χ3v) is 1.65. The molecule has 16 heavy (non-hydrogen) atoms. The van der Waals surface area contributed by atoms with Crippen LogP contribution in [0.25, 0.3) is 0 Å². The molecule has 0 aliphatic rings. The fourth-order valence-electron chi connectivity index (χ4n) is 0.790. The highest BCUT2D eigenvalue weighted by atomic mass is 19.4. The number of halogens is 3. The summed E-state index contributed by atoms with van der Waals surface area (Å²) < 4.78 is 36.4. The standard InChI is InChI=1S/C9H9F3N2O2/c1-2-7(15)14-16-8-4-3-6(5-13-8)9(10,11)12/h3-5H,2H2,1H3,(H,14,15). The first kappa shape index (κ1) is 12.3. The van der Waals surface area contributed by atoms with Gasteiger partial charge in [0.05, 0.1) is 5.56 Å². The summed E-state index contributed by atoms with van der Waals surface area (Å²) in [6.45, 7) is 1.61. The Kier molecular flexibility index (Phi) is 3.70. The van der Waals surface area contributed by atoms with Gasteiger partial charge in [0.25, 0.3) is 5.91 Å². The van der Waals surface area contributed by atoms with Gasteiger partial charge in [-0.25, -0.2) is 4.98 Å². The SMILES string of the molecule is CCC(=O)NOc1ccc(C(F)(F)F)cn1. The lowest BCUT2D eigenvalue weighted by Crippen LogP contribution is -2.26. The number of amides is 1. The van der Waals surface area contributed by atoms with Gasteiger partial charge in [-0.3, -0.25) is 4.79 Å². The smallest absolute Gasteiger partial charge is 0.359 e. The molecular formula is C9H9F3N2O2. The van der Waals surface area contributed by atoms with Crippen molar-refractivity contribution in [3.8, 4) is 5.88 Å². The lowest BCUT2D eigenvalue weighted by Gasteiger charge is -2.07. The summed E-state index contributed by atoms with van der Waals surface area (Å²) in [5.74, 6) is -0.489. The molecule has 0 aliphatic carbocycles. The fraction of sp³-hybridized carbons (Fsp3) is 0.333. The normalized spacial score (nSPS) is 11.0. The van der Waals surface area contributed by atoms with Gasteiger partial charge >= 0.3 is 6.18 Å². The molecule has 0 fully saturated rings. The van der Waals surface area contributed by atoms with Crippen LogP contribution in [0.2, 0.25) is 0 Å². The van der Waals surface area contributed by atoms with Gasteiger partial charge in [-0.2, -0.15) is 18.7 Å². The van der Waals surface area contributed by atoms with Crippen molar-refractivity contribution in [3.05, 3.63) is 23.9 Å². The predicted octanol–water partition coefficient (Wildman–Crippen LogP) is 1.92. The van der Waals surface area contributed by atoms with Crippen LogP contribution in [0, 0.1) is 0 Å². The van der Waals surface area contributed by atoms with Gasteiger partial charge in [0.2, 0.25) is 5.88 Å². The molecule has 0 radical (unpaired) electrons. The molecule has 1 heterocycles. The van der Waals surface area contributed by atoms with Crippen molar-refractivity contribution in [2.75, 3.05) is 0 Å². The van der Waals surface area contributed by atoms with Crippen LogP contribution in [0.5, 0.6) is 5.88 Å². The third-order valence-electron chi connectivity index (χ3n) is 1.65. The number of rotatable bonds is 3. The maximum Gasteiger partial charge on any atom is 0.417 e. The Labute approximate surface area is 89.4 Å². The van der Waals surface area contributed by atoms with Crippen LogP contribution in [0.1, 0.15) is 18.9 Å². The number of pyridine rings is 1. The number of carbonyl (C=O) groups excluding carboxylic acids is 1. The van der Waals surface area contributed by atoms with Gasteiger partial charge in [-0.15, -0.1) is 0 Å². The summed E-state index contributed by atoms with van der Waals surface area (Å²) in [4.78, 5) is 18.8. The summed E-state index contributed by atoms with van der Waals surface area (Å²) in [6, 6.07) is 1.85. The minimum atomic E-state index is -4.43. The highest BCUT2D eigenvalue weighted by Gasteiger charge is 2.30. The molecule has 1 amide bonds. The van der Waals surface area contributed by atoms with E-state index in [1.165, 1.54) is 0 Å². The van der Waals surface area contributed by atoms with E-state index in [1.807, 2.05) is 5.48 Å². The Morgan fingerprint density at radius 2 is 2.19 bits per heavy atom. The van der Waals surface area contributed by atoms with E-state index in [0.717, 1.165) is 12.1 Å². The molecule has 0 spiro atoms. The van der Waals surface area contributed by atoms with Crippen LogP contribution in [-0.4, -0.2) is 10.9 Å². The van der Waals surface area contributed by atoms with Crippen molar-refractivity contribution < 1.29 is 22.8 Å². The Morgan fingerprint density at radius 1 is 1.50 bits per heavy atom. The zero-order valence-electron chi connectivity index (χ0n) is 8.34. The minimum Gasteiger partial charge on any atom is -0.359 e. The average Bonchev–Trinajstić information content (AvgIpc) is 2.25. The molecular weight excluding hydrogens is 225 g/mol. The maximum atomic E-state index is 12.1. The minimum absolute atomic E-state index is 0.102. The van der Waals surface area contributed by atoms with E-state index in [4.69, 9.17) is 0 Å². The molecule has 0 saturated carbocycles. The molecule has 1 rings (SSSR count). The summed E-state index contributed by atoms with van der Waals surface area (Å²) in [6.07, 6.45) is -3.59. The first-order chi connectivity index (χ1) is 7.43. The highest BCUT2D eigenvalue weighted by molar-refractivity contribution is 5.74. The largest absolute Gasteiger partial charge is 0.417 e. The van der Waals surface area contributed by atoms with Crippen molar-refractivity contribution in [2.45, 2.75) is 19.5 Å². The number of hydrogen-bond acceptors (Lipinski definition) is 3. The zero-order chi connectivity index (χ0) is 12.2. The van der Waals surface area contributed by atoms with Gasteiger partial charge in [-0.1, -0.05) is 6.92 Å². The van der Waals surface area contributed by atoms with Crippen molar-refractivity contribution in [1.29, 1.82) is 0 Å². The van der Waals surface area contributed by atoms with E-state index < -0.39 is 11.7 Å². The van der Waals surface area contributed by atoms with Gasteiger partial charge in [0.15, 0.2) is 0 Å². The Balaban J connectivity index is 2.62. The summed E-state index contributed by atoms with van der Waals surface area (Å²) in [7, 11) is 0. The Hall–Kier alpha value is -1.79. The quantitative estimate of drug-likeness (QED) is 0.813. The van der Waals surface area contributed by atoms with E-state index in [1.54, 1.807) is 6.92 Å². The third kappa shape index (κ3) is 3.41. The van der Waals surface area contributed by atoms with E-state index in [0.29, 0.717) is 6.20 Å². The second-order valence-electron chi connectivity index (χ2n) is 2.86. The number of nitrogens with one attached hydrogen (secondary N) is 1. The average molecular weight is 234 g/mol. The molecule has 88 valence electrons. The van der Waals surface area contributed by atoms with Crippen LogP contribution in [0.3, 0.4) is 0 Å². The van der Waals surface area contributed by atoms with Crippen molar-refractivity contribution in [2.24, 2.45) is 0 Å². The van der Waals surface area contributed by atoms with E-state index in [2.05, 4.69) is 9.82 Å². The summed E-state index contributed by atoms with van der Waals surface area (Å²) in [5.41, 5.74) is 1.15. The van der Waals surface area contributed by atoms with E-state index in [-0.39, 0.29) is 18.2 Å². The molecule has 7 heteroatoms. The fourth-order valence-corrected chi connectivity index (χ4v) is 0.790. The number of hydrogen-bond donors (Lipinski definition) is 1. The molecule has 0 saturated heterocycles. The highest BCUT2D eigenvalue weighted by Crippen LogP contribution is 2.28. The number of aromatic nitrogens is 1. The lowest BCUT2D eigenvalue weighted by atomic mass is 10.3. The number of carbonyl (C=O) groups is 1. The van der Waals surface area contributed by atoms with Gasteiger partial charge in [0.1, 0.15) is 0 Å². The monoisotopic (exact) mass is 234 g/mol. The number of hydroxylamine groups is 1. The van der Waals surface area contributed by atoms with Crippen LogP contribution >= 0.6 is 0 Å². The number of alkyl halides is 3. The molecule has 1 aromatic rings. The Morgan fingerprint density at radius 3 is 2.62 bits per heavy atom. The first-order valence-electron chi connectivity index (χ1n) is 4.42. The van der Waals surface area contributed by atoms with Crippen LogP contribution in [0.4, 0.5) is 13.2 Å². The van der Waals surface area contributed by atoms with Crippen molar-refractivity contribution in [1.82, 2.24) is 10.5 Å². The topological polar surface area (TPSA) is 51.2 Å². The van der Waals surface area contributed by atoms with Gasteiger partial charge < -0.3 is 4.84 Å². The molecule has 1 aromatic heterocycles. The molecule has 1 N–H and O–H groups in total. The van der Waals surface area contributed by atoms with Gasteiger partial charge in [-0.05, 0) is 6.07 Å². The first-order valence-corrected chi connectivity index (χ1v) is 4.42. The van der Waals surface area contributed by atoms with Crippen LogP contribution < -0.4 is 10.3 Å². The van der Waals surface area contributed by atoms with E-state index >= 15 is 0 Å². The lowest BCUT2D eigenvalue weighted by molar-refractivity contribution is -0.138. The van der Waals surface area contributed by atoms with Crippen molar-refractivity contribution >= 4 is 5.91 Å². The molecule has 0 atom stereocenters. The van der Waals surface area contributed by atoms with Crippen molar-refractivity contribution in [3.63, 3.8) is 0 Å². The molecule has 0 aliphatic heterocycles. The molecule has 0 aromatic carbocycles. The second kappa shape index (κ2) is 4.82. The number of nitrogens with zero attached hydrogens (tertiary/aromatic N) is 1. The van der Waals surface area contributed by atoms with Gasteiger partial charge in [0, 0.05) is 18.7 Å². The summed E-state index contributed by atoms with van der Waals surface area (Å²) in [5, 5.41) is 0.